The van der Waals surface area contributed by atoms with E-state index in [1.54, 1.807) is 0 Å². The van der Waals surface area contributed by atoms with Crippen molar-refractivity contribution in [2.75, 3.05) is 0 Å². The van der Waals surface area contributed by atoms with E-state index in [0.29, 0.717) is 17.5 Å². The molecule has 13 aromatic rings. The molecule has 0 bridgehead atoms. The number of hydrogen-bond acceptors (Lipinski definition) is 3. The van der Waals surface area contributed by atoms with Gasteiger partial charge in [-0.1, -0.05) is 194 Å². The molecule has 3 aromatic heterocycles. The van der Waals surface area contributed by atoms with E-state index in [-0.39, 0.29) is 0 Å². The lowest BCUT2D eigenvalue weighted by Crippen LogP contribution is -2.03. The van der Waals surface area contributed by atoms with E-state index in [0.717, 1.165) is 66.7 Å². The molecule has 0 aliphatic rings. The van der Waals surface area contributed by atoms with E-state index in [4.69, 9.17) is 15.0 Å². The van der Waals surface area contributed by atoms with Crippen LogP contribution in [0.1, 0.15) is 0 Å². The van der Waals surface area contributed by atoms with Crippen LogP contribution in [-0.2, 0) is 0 Å². The fourth-order valence-corrected chi connectivity index (χ4v) is 10.1. The molecule has 0 saturated heterocycles. The highest BCUT2D eigenvalue weighted by Crippen LogP contribution is 2.45. The average molecular weight is 868 g/mol. The Morgan fingerprint density at radius 1 is 0.250 bits per heavy atom. The number of para-hydroxylation sites is 3. The van der Waals surface area contributed by atoms with Gasteiger partial charge in [-0.15, -0.1) is 0 Å². The van der Waals surface area contributed by atoms with Gasteiger partial charge in [0.05, 0.1) is 27.8 Å². The maximum atomic E-state index is 5.35. The maximum absolute atomic E-state index is 5.35. The Morgan fingerprint density at radius 2 is 0.706 bits per heavy atom. The number of aromatic nitrogens is 5. The van der Waals surface area contributed by atoms with Gasteiger partial charge in [-0.3, -0.25) is 0 Å². The van der Waals surface area contributed by atoms with Gasteiger partial charge in [-0.05, 0) is 88.0 Å². The third kappa shape index (κ3) is 6.59. The standard InChI is InChI=1S/C63H41N5/c1-5-20-42(21-6-1)45-26-17-27-47(40-45)62-64-61(44-24-9-3-10-25-44)65-63(66-62)53-31-14-16-35-55(53)68-57-37-19-33-50(60(57)52-39-38-46(41-58(52)68)43-22-7-2-8-23-43)49-32-18-36-56-59(49)51-30-13-15-34-54(51)67(56)48-28-11-4-12-29-48/h1-41H. The first kappa shape index (κ1) is 39.2. The van der Waals surface area contributed by atoms with Crippen LogP contribution in [0, 0.1) is 0 Å². The molecule has 13 rings (SSSR count). The average Bonchev–Trinajstić information content (AvgIpc) is 3.94. The van der Waals surface area contributed by atoms with Crippen LogP contribution in [-0.4, -0.2) is 24.1 Å². The SMILES string of the molecule is c1ccc(-c2cccc(-c3nc(-c4ccccc4)nc(-c4ccccc4-n4c5cc(-c6ccccc6)ccc5c5c(-c6cccc7c6c6ccccc6n7-c6ccccc6)cccc54)n3)c2)cc1. The number of hydrogen-bond donors (Lipinski definition) is 0. The predicted molar refractivity (Wildman–Crippen MR) is 281 cm³/mol. The molecule has 0 spiro atoms. The second kappa shape index (κ2) is 16.4. The van der Waals surface area contributed by atoms with Crippen LogP contribution in [0.2, 0.25) is 0 Å². The number of nitrogens with zero attached hydrogens (tertiary/aromatic N) is 5. The van der Waals surface area contributed by atoms with Gasteiger partial charge >= 0.3 is 0 Å². The predicted octanol–water partition coefficient (Wildman–Crippen LogP) is 16.1. The van der Waals surface area contributed by atoms with Crippen molar-refractivity contribution >= 4 is 43.6 Å². The van der Waals surface area contributed by atoms with Gasteiger partial charge in [0.25, 0.3) is 0 Å². The van der Waals surface area contributed by atoms with E-state index < -0.39 is 0 Å². The van der Waals surface area contributed by atoms with Crippen LogP contribution in [0.3, 0.4) is 0 Å². The molecule has 0 N–H and O–H groups in total. The summed E-state index contributed by atoms with van der Waals surface area (Å²) in [7, 11) is 0. The molecule has 5 heteroatoms. The first-order valence-corrected chi connectivity index (χ1v) is 23.0. The van der Waals surface area contributed by atoms with E-state index in [9.17, 15) is 0 Å². The van der Waals surface area contributed by atoms with E-state index in [1.807, 2.05) is 24.3 Å². The summed E-state index contributed by atoms with van der Waals surface area (Å²) in [5.41, 5.74) is 16.3. The van der Waals surface area contributed by atoms with Crippen molar-refractivity contribution in [3.05, 3.63) is 249 Å². The highest BCUT2D eigenvalue weighted by molar-refractivity contribution is 6.22. The van der Waals surface area contributed by atoms with Crippen LogP contribution in [0.15, 0.2) is 249 Å². The van der Waals surface area contributed by atoms with E-state index in [2.05, 4.69) is 234 Å². The Bertz CT molecular complexity index is 4010. The van der Waals surface area contributed by atoms with Gasteiger partial charge in [0.15, 0.2) is 17.5 Å². The fraction of sp³-hybridized carbons (Fsp3) is 0. The topological polar surface area (TPSA) is 48.5 Å². The second-order valence-corrected chi connectivity index (χ2v) is 17.2. The lowest BCUT2D eigenvalue weighted by Gasteiger charge is -2.15. The third-order valence-corrected chi connectivity index (χ3v) is 13.2. The zero-order chi connectivity index (χ0) is 45.0. The van der Waals surface area contributed by atoms with Gasteiger partial charge in [-0.2, -0.15) is 0 Å². The molecular formula is C63H41N5. The smallest absolute Gasteiger partial charge is 0.166 e. The molecule has 0 atom stereocenters. The van der Waals surface area contributed by atoms with E-state index >= 15 is 0 Å². The number of rotatable bonds is 8. The quantitative estimate of drug-likeness (QED) is 0.153. The third-order valence-electron chi connectivity index (χ3n) is 13.2. The lowest BCUT2D eigenvalue weighted by atomic mass is 9.95. The largest absolute Gasteiger partial charge is 0.309 e. The minimum absolute atomic E-state index is 0.596. The Labute approximate surface area is 393 Å². The molecule has 318 valence electrons. The molecule has 0 aliphatic heterocycles. The molecule has 68 heavy (non-hydrogen) atoms. The summed E-state index contributed by atoms with van der Waals surface area (Å²) in [6, 6.07) is 88.2. The number of fused-ring (bicyclic) bond motifs is 6. The summed E-state index contributed by atoms with van der Waals surface area (Å²) in [5, 5.41) is 4.78. The van der Waals surface area contributed by atoms with Gasteiger partial charge < -0.3 is 9.13 Å². The van der Waals surface area contributed by atoms with Gasteiger partial charge in [0, 0.05) is 43.9 Å². The molecule has 0 fully saturated rings. The Balaban J connectivity index is 1.08. The fourth-order valence-electron chi connectivity index (χ4n) is 10.1. The number of benzene rings is 10. The summed E-state index contributed by atoms with van der Waals surface area (Å²) in [6.45, 7) is 0. The second-order valence-electron chi connectivity index (χ2n) is 17.2. The van der Waals surface area contributed by atoms with Crippen molar-refractivity contribution in [1.29, 1.82) is 0 Å². The van der Waals surface area contributed by atoms with Crippen LogP contribution in [0.5, 0.6) is 0 Å². The summed E-state index contributed by atoms with van der Waals surface area (Å²) in [6.07, 6.45) is 0. The maximum Gasteiger partial charge on any atom is 0.166 e. The molecule has 0 amide bonds. The zero-order valence-electron chi connectivity index (χ0n) is 36.9. The van der Waals surface area contributed by atoms with Crippen molar-refractivity contribution in [1.82, 2.24) is 24.1 Å². The molecular weight excluding hydrogens is 827 g/mol. The summed E-state index contributed by atoms with van der Waals surface area (Å²) in [4.78, 5) is 15.8. The molecule has 5 nitrogen and oxygen atoms in total. The minimum Gasteiger partial charge on any atom is -0.309 e. The van der Waals surface area contributed by atoms with Crippen LogP contribution in [0.4, 0.5) is 0 Å². The summed E-state index contributed by atoms with van der Waals surface area (Å²) >= 11 is 0. The van der Waals surface area contributed by atoms with Crippen molar-refractivity contribution in [3.63, 3.8) is 0 Å². The van der Waals surface area contributed by atoms with Crippen molar-refractivity contribution in [3.8, 4) is 78.9 Å². The minimum atomic E-state index is 0.596. The lowest BCUT2D eigenvalue weighted by molar-refractivity contribution is 1.06. The first-order valence-electron chi connectivity index (χ1n) is 23.0. The first-order chi connectivity index (χ1) is 33.7. The molecule has 0 radical (unpaired) electrons. The molecule has 3 heterocycles. The zero-order valence-corrected chi connectivity index (χ0v) is 36.9. The Kier molecular flexibility index (Phi) is 9.43. The Hall–Kier alpha value is -9.19. The highest BCUT2D eigenvalue weighted by Gasteiger charge is 2.23. The van der Waals surface area contributed by atoms with Gasteiger partial charge in [0.1, 0.15) is 0 Å². The molecule has 0 unspecified atom stereocenters. The summed E-state index contributed by atoms with van der Waals surface area (Å²) in [5.74, 6) is 1.82. The van der Waals surface area contributed by atoms with Crippen LogP contribution >= 0.6 is 0 Å². The monoisotopic (exact) mass is 867 g/mol. The highest BCUT2D eigenvalue weighted by atomic mass is 15.1. The van der Waals surface area contributed by atoms with E-state index in [1.165, 1.54) is 38.3 Å². The summed E-state index contributed by atoms with van der Waals surface area (Å²) < 4.78 is 4.82. The normalized spacial score (nSPS) is 11.5. The molecule has 10 aromatic carbocycles. The van der Waals surface area contributed by atoms with Gasteiger partial charge in [-0.25, -0.2) is 15.0 Å². The van der Waals surface area contributed by atoms with Crippen molar-refractivity contribution < 1.29 is 0 Å². The molecule has 0 aliphatic carbocycles. The van der Waals surface area contributed by atoms with Crippen molar-refractivity contribution in [2.45, 2.75) is 0 Å². The Morgan fingerprint density at radius 3 is 1.40 bits per heavy atom. The van der Waals surface area contributed by atoms with Crippen molar-refractivity contribution in [2.24, 2.45) is 0 Å². The molecule has 0 saturated carbocycles. The van der Waals surface area contributed by atoms with Gasteiger partial charge in [0.2, 0.25) is 0 Å². The van der Waals surface area contributed by atoms with Crippen LogP contribution < -0.4 is 0 Å². The van der Waals surface area contributed by atoms with Crippen LogP contribution in [0.25, 0.3) is 123 Å².